The fourth-order valence-electron chi connectivity index (χ4n) is 3.42. The van der Waals surface area contributed by atoms with Crippen molar-refractivity contribution >= 4 is 17.4 Å². The van der Waals surface area contributed by atoms with Crippen molar-refractivity contribution in [2.75, 3.05) is 6.61 Å². The average Bonchev–Trinajstić information content (AvgIpc) is 2.74. The average molecular weight is 293 g/mol. The van der Waals surface area contributed by atoms with Crippen LogP contribution in [-0.4, -0.2) is 12.4 Å². The minimum absolute atomic E-state index is 0.206. The van der Waals surface area contributed by atoms with E-state index in [2.05, 4.69) is 0 Å². The molecule has 108 valence electrons. The molecule has 0 saturated heterocycles. The fourth-order valence-corrected chi connectivity index (χ4v) is 3.66. The predicted octanol–water partition coefficient (Wildman–Crippen LogP) is 4.82. The van der Waals surface area contributed by atoms with Crippen LogP contribution in [-0.2, 0) is 6.42 Å². The Labute approximate surface area is 125 Å². The van der Waals surface area contributed by atoms with Crippen molar-refractivity contribution in [2.45, 2.75) is 51.4 Å². The Bertz CT molecular complexity index is 502. The Morgan fingerprint density at radius 2 is 1.95 bits per heavy atom. The topological polar surface area (TPSA) is 26.3 Å². The molecule has 0 atom stereocenters. The van der Waals surface area contributed by atoms with Gasteiger partial charge in [0.25, 0.3) is 0 Å². The maximum absolute atomic E-state index is 12.6. The molecule has 0 radical (unpaired) electrons. The number of hydrogen-bond acceptors (Lipinski definition) is 2. The molecule has 1 saturated carbocycles. The van der Waals surface area contributed by atoms with Gasteiger partial charge in [-0.1, -0.05) is 50.1 Å². The molecule has 0 bridgehead atoms. The molecule has 2 aliphatic rings. The highest BCUT2D eigenvalue weighted by Crippen LogP contribution is 2.35. The van der Waals surface area contributed by atoms with Crippen molar-refractivity contribution in [2.24, 2.45) is 5.92 Å². The molecule has 1 fully saturated rings. The minimum Gasteiger partial charge on any atom is -0.492 e. The standard InChI is InChI=1S/C17H21ClO2/c18-14-10-13-7-8-20-17(13)15(11-14)16(19)9-12-5-3-1-2-4-6-12/h10-12H,1-9H2. The number of ether oxygens (including phenoxy) is 1. The van der Waals surface area contributed by atoms with E-state index in [1.807, 2.05) is 6.07 Å². The lowest BCUT2D eigenvalue weighted by Gasteiger charge is -2.14. The van der Waals surface area contributed by atoms with Crippen molar-refractivity contribution < 1.29 is 9.53 Å². The molecule has 3 rings (SSSR count). The van der Waals surface area contributed by atoms with Gasteiger partial charge >= 0.3 is 0 Å². The summed E-state index contributed by atoms with van der Waals surface area (Å²) >= 11 is 6.13. The molecule has 1 aliphatic heterocycles. The van der Waals surface area contributed by atoms with Crippen LogP contribution in [0.5, 0.6) is 5.75 Å². The lowest BCUT2D eigenvalue weighted by molar-refractivity contribution is 0.0954. The van der Waals surface area contributed by atoms with Gasteiger partial charge in [0.2, 0.25) is 0 Å². The van der Waals surface area contributed by atoms with E-state index in [0.29, 0.717) is 29.5 Å². The van der Waals surface area contributed by atoms with Gasteiger partial charge < -0.3 is 4.74 Å². The second kappa shape index (κ2) is 6.17. The van der Waals surface area contributed by atoms with Crippen LogP contribution in [0.15, 0.2) is 12.1 Å². The first-order chi connectivity index (χ1) is 9.74. The summed E-state index contributed by atoms with van der Waals surface area (Å²) in [6.07, 6.45) is 9.06. The molecule has 1 aromatic rings. The lowest BCUT2D eigenvalue weighted by Crippen LogP contribution is -2.09. The summed E-state index contributed by atoms with van der Waals surface area (Å²) in [4.78, 5) is 12.6. The van der Waals surface area contributed by atoms with Gasteiger partial charge in [-0.3, -0.25) is 4.79 Å². The van der Waals surface area contributed by atoms with Crippen LogP contribution in [0.2, 0.25) is 5.02 Å². The summed E-state index contributed by atoms with van der Waals surface area (Å²) in [5, 5.41) is 0.651. The molecule has 3 heteroatoms. The van der Waals surface area contributed by atoms with Gasteiger partial charge in [0.15, 0.2) is 5.78 Å². The molecule has 0 aromatic heterocycles. The summed E-state index contributed by atoms with van der Waals surface area (Å²) < 4.78 is 5.64. The van der Waals surface area contributed by atoms with Gasteiger partial charge in [-0.05, 0) is 23.6 Å². The summed E-state index contributed by atoms with van der Waals surface area (Å²) in [5.74, 6) is 1.53. The summed E-state index contributed by atoms with van der Waals surface area (Å²) in [5.41, 5.74) is 1.79. The van der Waals surface area contributed by atoms with Crippen LogP contribution in [0.3, 0.4) is 0 Å². The third-order valence-electron chi connectivity index (χ3n) is 4.50. The normalized spacial score (nSPS) is 19.2. The van der Waals surface area contributed by atoms with Gasteiger partial charge in [-0.15, -0.1) is 0 Å². The number of ketones is 1. The van der Waals surface area contributed by atoms with Crippen LogP contribution in [0.4, 0.5) is 0 Å². The van der Waals surface area contributed by atoms with Crippen molar-refractivity contribution in [1.82, 2.24) is 0 Å². The van der Waals surface area contributed by atoms with Crippen LogP contribution in [0.25, 0.3) is 0 Å². The molecule has 1 heterocycles. The van der Waals surface area contributed by atoms with Crippen LogP contribution < -0.4 is 4.74 Å². The maximum Gasteiger partial charge on any atom is 0.166 e. The highest BCUT2D eigenvalue weighted by atomic mass is 35.5. The smallest absolute Gasteiger partial charge is 0.166 e. The lowest BCUT2D eigenvalue weighted by atomic mass is 9.91. The van der Waals surface area contributed by atoms with Gasteiger partial charge in [0.05, 0.1) is 12.2 Å². The van der Waals surface area contributed by atoms with E-state index in [9.17, 15) is 4.79 Å². The van der Waals surface area contributed by atoms with E-state index >= 15 is 0 Å². The SMILES string of the molecule is O=C(CC1CCCCCC1)c1cc(Cl)cc2c1OCC2. The number of Topliss-reactive ketones (excluding diaryl/α,β-unsaturated/α-hetero) is 1. The number of rotatable bonds is 3. The number of carbonyl (C=O) groups excluding carboxylic acids is 1. The number of carbonyl (C=O) groups is 1. The first-order valence-electron chi connectivity index (χ1n) is 7.72. The Hall–Kier alpha value is -1.02. The van der Waals surface area contributed by atoms with E-state index in [4.69, 9.17) is 16.3 Å². The molecular formula is C17H21ClO2. The monoisotopic (exact) mass is 292 g/mol. The van der Waals surface area contributed by atoms with Crippen molar-refractivity contribution in [3.63, 3.8) is 0 Å². The van der Waals surface area contributed by atoms with Gasteiger partial charge in [-0.2, -0.15) is 0 Å². The third-order valence-corrected chi connectivity index (χ3v) is 4.72. The van der Waals surface area contributed by atoms with E-state index in [0.717, 1.165) is 17.7 Å². The quantitative estimate of drug-likeness (QED) is 0.590. The van der Waals surface area contributed by atoms with E-state index in [-0.39, 0.29) is 5.78 Å². The Kier molecular flexibility index (Phi) is 4.30. The summed E-state index contributed by atoms with van der Waals surface area (Å²) in [6, 6.07) is 3.71. The van der Waals surface area contributed by atoms with Crippen molar-refractivity contribution in [3.05, 3.63) is 28.3 Å². The molecule has 0 spiro atoms. The zero-order valence-electron chi connectivity index (χ0n) is 11.8. The number of fused-ring (bicyclic) bond motifs is 1. The largest absolute Gasteiger partial charge is 0.492 e. The first kappa shape index (κ1) is 13.9. The zero-order chi connectivity index (χ0) is 13.9. The van der Waals surface area contributed by atoms with Crippen molar-refractivity contribution in [1.29, 1.82) is 0 Å². The number of halogens is 1. The van der Waals surface area contributed by atoms with Crippen LogP contribution in [0, 0.1) is 5.92 Å². The highest BCUT2D eigenvalue weighted by molar-refractivity contribution is 6.31. The number of benzene rings is 1. The summed E-state index contributed by atoms with van der Waals surface area (Å²) in [7, 11) is 0. The summed E-state index contributed by atoms with van der Waals surface area (Å²) in [6.45, 7) is 0.666. The molecule has 20 heavy (non-hydrogen) atoms. The Morgan fingerprint density at radius 3 is 2.70 bits per heavy atom. The van der Waals surface area contributed by atoms with Gasteiger partial charge in [0, 0.05) is 17.9 Å². The second-order valence-electron chi connectivity index (χ2n) is 6.02. The van der Waals surface area contributed by atoms with Crippen LogP contribution >= 0.6 is 11.6 Å². The van der Waals surface area contributed by atoms with E-state index in [1.165, 1.54) is 38.5 Å². The van der Waals surface area contributed by atoms with Gasteiger partial charge in [0.1, 0.15) is 5.75 Å². The highest BCUT2D eigenvalue weighted by Gasteiger charge is 2.24. The maximum atomic E-state index is 12.6. The molecule has 0 amide bonds. The third kappa shape index (κ3) is 3.01. The molecule has 0 N–H and O–H groups in total. The fraction of sp³-hybridized carbons (Fsp3) is 0.588. The zero-order valence-corrected chi connectivity index (χ0v) is 12.5. The molecular weight excluding hydrogens is 272 g/mol. The van der Waals surface area contributed by atoms with E-state index < -0.39 is 0 Å². The molecule has 1 aliphatic carbocycles. The predicted molar refractivity (Wildman–Crippen MR) is 80.8 cm³/mol. The second-order valence-corrected chi connectivity index (χ2v) is 6.46. The van der Waals surface area contributed by atoms with Crippen molar-refractivity contribution in [3.8, 4) is 5.75 Å². The molecule has 1 aromatic carbocycles. The first-order valence-corrected chi connectivity index (χ1v) is 8.10. The minimum atomic E-state index is 0.206. The van der Waals surface area contributed by atoms with E-state index in [1.54, 1.807) is 6.07 Å². The molecule has 2 nitrogen and oxygen atoms in total. The molecule has 0 unspecified atom stereocenters. The Balaban J connectivity index is 1.77. The van der Waals surface area contributed by atoms with Crippen LogP contribution in [0.1, 0.15) is 60.9 Å². The van der Waals surface area contributed by atoms with Gasteiger partial charge in [-0.25, -0.2) is 0 Å². The number of hydrogen-bond donors (Lipinski definition) is 0. The Morgan fingerprint density at radius 1 is 1.20 bits per heavy atom.